The topological polar surface area (TPSA) is 12.5 Å². The Morgan fingerprint density at radius 1 is 0.731 bits per heavy atom. The molecule has 150 valence electrons. The minimum absolute atomic E-state index is 0.963. The van der Waals surface area contributed by atoms with Crippen molar-refractivity contribution in [2.45, 2.75) is 97.8 Å². The van der Waals surface area contributed by atoms with E-state index in [1.807, 2.05) is 0 Å². The molecule has 0 heterocycles. The van der Waals surface area contributed by atoms with Crippen LogP contribution in [-0.4, -0.2) is 20.2 Å². The standard InChI is InChI=1S/C24H43NO/c1-5-7-9-11-13-15-19-25(20-16-14-12-10-8-6-2)24-18-17-23(26-4)21-22(24)3/h17-18,21H,5-16,19-20H2,1-4H3. The van der Waals surface area contributed by atoms with Crippen LogP contribution in [0.1, 0.15) is 96.5 Å². The number of anilines is 1. The molecule has 2 nitrogen and oxygen atoms in total. The van der Waals surface area contributed by atoms with E-state index >= 15 is 0 Å². The average Bonchev–Trinajstić information content (AvgIpc) is 2.65. The molecule has 0 atom stereocenters. The van der Waals surface area contributed by atoms with Crippen LogP contribution in [0.15, 0.2) is 18.2 Å². The molecule has 0 N–H and O–H groups in total. The molecular formula is C24H43NO. The van der Waals surface area contributed by atoms with Crippen LogP contribution >= 0.6 is 0 Å². The second-order valence-electron chi connectivity index (χ2n) is 7.67. The highest BCUT2D eigenvalue weighted by molar-refractivity contribution is 5.55. The Balaban J connectivity index is 2.51. The van der Waals surface area contributed by atoms with E-state index in [0.717, 1.165) is 5.75 Å². The maximum absolute atomic E-state index is 5.38. The summed E-state index contributed by atoms with van der Waals surface area (Å²) in [5.41, 5.74) is 2.73. The van der Waals surface area contributed by atoms with Crippen LogP contribution in [0.4, 0.5) is 5.69 Å². The first kappa shape index (κ1) is 22.9. The zero-order chi connectivity index (χ0) is 19.0. The Hall–Kier alpha value is -1.18. The van der Waals surface area contributed by atoms with Gasteiger partial charge in [-0.1, -0.05) is 78.1 Å². The van der Waals surface area contributed by atoms with Crippen LogP contribution in [0.3, 0.4) is 0 Å². The van der Waals surface area contributed by atoms with Crippen LogP contribution in [0.25, 0.3) is 0 Å². The van der Waals surface area contributed by atoms with Crippen LogP contribution in [0.2, 0.25) is 0 Å². The zero-order valence-electron chi connectivity index (χ0n) is 18.0. The molecule has 0 aliphatic carbocycles. The molecule has 0 bridgehead atoms. The van der Waals surface area contributed by atoms with Crippen molar-refractivity contribution < 1.29 is 4.74 Å². The summed E-state index contributed by atoms with van der Waals surface area (Å²) in [5.74, 6) is 0.963. The lowest BCUT2D eigenvalue weighted by Gasteiger charge is -2.27. The Bertz CT molecular complexity index is 442. The van der Waals surface area contributed by atoms with Gasteiger partial charge in [0.25, 0.3) is 0 Å². The van der Waals surface area contributed by atoms with Gasteiger partial charge in [0.05, 0.1) is 7.11 Å². The minimum atomic E-state index is 0.963. The molecule has 0 saturated heterocycles. The fourth-order valence-corrected chi connectivity index (χ4v) is 3.63. The first-order valence-electron chi connectivity index (χ1n) is 11.1. The van der Waals surface area contributed by atoms with Crippen molar-refractivity contribution in [2.75, 3.05) is 25.1 Å². The molecule has 26 heavy (non-hydrogen) atoms. The van der Waals surface area contributed by atoms with Gasteiger partial charge in [0, 0.05) is 18.8 Å². The van der Waals surface area contributed by atoms with Crippen LogP contribution in [0.5, 0.6) is 5.75 Å². The SMILES string of the molecule is CCCCCCCCN(CCCCCCCC)c1ccc(OC)cc1C. The van der Waals surface area contributed by atoms with Crippen molar-refractivity contribution in [3.05, 3.63) is 23.8 Å². The Morgan fingerprint density at radius 2 is 1.23 bits per heavy atom. The number of aryl methyl sites for hydroxylation is 1. The van der Waals surface area contributed by atoms with Gasteiger partial charge in [0.1, 0.15) is 5.75 Å². The number of hydrogen-bond donors (Lipinski definition) is 0. The molecule has 1 rings (SSSR count). The molecule has 1 aromatic carbocycles. The normalized spacial score (nSPS) is 10.9. The smallest absolute Gasteiger partial charge is 0.119 e. The Morgan fingerprint density at radius 3 is 1.69 bits per heavy atom. The molecule has 0 spiro atoms. The van der Waals surface area contributed by atoms with E-state index in [4.69, 9.17) is 4.74 Å². The van der Waals surface area contributed by atoms with Crippen LogP contribution < -0.4 is 9.64 Å². The number of rotatable bonds is 16. The van der Waals surface area contributed by atoms with Gasteiger partial charge in [-0.2, -0.15) is 0 Å². The van der Waals surface area contributed by atoms with Gasteiger partial charge in [-0.3, -0.25) is 0 Å². The van der Waals surface area contributed by atoms with Crippen LogP contribution in [-0.2, 0) is 0 Å². The Kier molecular flexibility index (Phi) is 13.1. The van der Waals surface area contributed by atoms with E-state index in [-0.39, 0.29) is 0 Å². The van der Waals surface area contributed by atoms with E-state index in [2.05, 4.69) is 43.9 Å². The van der Waals surface area contributed by atoms with Crippen molar-refractivity contribution in [1.82, 2.24) is 0 Å². The quantitative estimate of drug-likeness (QED) is 0.282. The summed E-state index contributed by atoms with van der Waals surface area (Å²) < 4.78 is 5.38. The molecule has 0 unspecified atom stereocenters. The van der Waals surface area contributed by atoms with E-state index in [0.29, 0.717) is 0 Å². The highest BCUT2D eigenvalue weighted by Crippen LogP contribution is 2.26. The zero-order valence-corrected chi connectivity index (χ0v) is 18.0. The summed E-state index contributed by atoms with van der Waals surface area (Å²) in [6.07, 6.45) is 16.4. The number of hydrogen-bond acceptors (Lipinski definition) is 2. The Labute approximate surface area is 163 Å². The second-order valence-corrected chi connectivity index (χ2v) is 7.67. The molecule has 1 aromatic rings. The van der Waals surface area contributed by atoms with Crippen molar-refractivity contribution >= 4 is 5.69 Å². The van der Waals surface area contributed by atoms with Gasteiger partial charge >= 0.3 is 0 Å². The lowest BCUT2D eigenvalue weighted by Crippen LogP contribution is -2.26. The lowest BCUT2D eigenvalue weighted by atomic mass is 10.1. The molecule has 0 amide bonds. The molecular weight excluding hydrogens is 318 g/mol. The van der Waals surface area contributed by atoms with Gasteiger partial charge in [-0.25, -0.2) is 0 Å². The molecule has 0 saturated carbocycles. The lowest BCUT2D eigenvalue weighted by molar-refractivity contribution is 0.414. The summed E-state index contributed by atoms with van der Waals surface area (Å²) in [6, 6.07) is 6.53. The number of nitrogens with zero attached hydrogens (tertiary/aromatic N) is 1. The van der Waals surface area contributed by atoms with E-state index in [1.54, 1.807) is 7.11 Å². The highest BCUT2D eigenvalue weighted by Gasteiger charge is 2.10. The molecule has 0 aliphatic heterocycles. The van der Waals surface area contributed by atoms with Crippen LogP contribution in [0, 0.1) is 6.92 Å². The molecule has 0 aliphatic rings. The summed E-state index contributed by atoms with van der Waals surface area (Å²) >= 11 is 0. The first-order chi connectivity index (χ1) is 12.7. The van der Waals surface area contributed by atoms with Gasteiger partial charge in [0.2, 0.25) is 0 Å². The maximum atomic E-state index is 5.38. The van der Waals surface area contributed by atoms with Gasteiger partial charge in [-0.05, 0) is 43.5 Å². The molecule has 0 aromatic heterocycles. The molecule has 0 radical (unpaired) electrons. The average molecular weight is 362 g/mol. The van der Waals surface area contributed by atoms with Gasteiger partial charge < -0.3 is 9.64 Å². The number of benzene rings is 1. The largest absolute Gasteiger partial charge is 0.497 e. The second kappa shape index (κ2) is 14.9. The highest BCUT2D eigenvalue weighted by atomic mass is 16.5. The van der Waals surface area contributed by atoms with E-state index in [9.17, 15) is 0 Å². The summed E-state index contributed by atoms with van der Waals surface area (Å²) in [6.45, 7) is 9.17. The predicted octanol–water partition coefficient (Wildman–Crippen LogP) is 7.53. The van der Waals surface area contributed by atoms with Crippen molar-refractivity contribution in [3.8, 4) is 5.75 Å². The number of ether oxygens (including phenoxy) is 1. The third kappa shape index (κ3) is 9.50. The molecule has 2 heteroatoms. The van der Waals surface area contributed by atoms with E-state index < -0.39 is 0 Å². The van der Waals surface area contributed by atoms with Gasteiger partial charge in [0.15, 0.2) is 0 Å². The number of methoxy groups -OCH3 is 1. The van der Waals surface area contributed by atoms with Crippen molar-refractivity contribution in [2.24, 2.45) is 0 Å². The summed E-state index contributed by atoms with van der Waals surface area (Å²) in [5, 5.41) is 0. The van der Waals surface area contributed by atoms with Gasteiger partial charge in [-0.15, -0.1) is 0 Å². The van der Waals surface area contributed by atoms with Crippen molar-refractivity contribution in [1.29, 1.82) is 0 Å². The minimum Gasteiger partial charge on any atom is -0.497 e. The molecule has 0 fully saturated rings. The summed E-state index contributed by atoms with van der Waals surface area (Å²) in [7, 11) is 1.75. The fourth-order valence-electron chi connectivity index (χ4n) is 3.63. The third-order valence-electron chi connectivity index (χ3n) is 5.31. The summed E-state index contributed by atoms with van der Waals surface area (Å²) in [4.78, 5) is 2.62. The monoisotopic (exact) mass is 361 g/mol. The number of unbranched alkanes of at least 4 members (excludes halogenated alkanes) is 10. The fraction of sp³-hybridized carbons (Fsp3) is 0.750. The maximum Gasteiger partial charge on any atom is 0.119 e. The first-order valence-corrected chi connectivity index (χ1v) is 11.1. The third-order valence-corrected chi connectivity index (χ3v) is 5.31. The van der Waals surface area contributed by atoms with Crippen molar-refractivity contribution in [3.63, 3.8) is 0 Å². The predicted molar refractivity (Wildman–Crippen MR) is 117 cm³/mol. The van der Waals surface area contributed by atoms with E-state index in [1.165, 1.54) is 101 Å².